The maximum Gasteiger partial charge on any atom is 0.342 e. The lowest BCUT2D eigenvalue weighted by molar-refractivity contribution is -0.625. The summed E-state index contributed by atoms with van der Waals surface area (Å²) >= 11 is 1.22. The van der Waals surface area contributed by atoms with Crippen LogP contribution in [-0.4, -0.2) is 53.4 Å². The van der Waals surface area contributed by atoms with Gasteiger partial charge in [-0.25, -0.2) is 10.2 Å². The molecule has 0 spiro atoms. The minimum atomic E-state index is -1.07. The van der Waals surface area contributed by atoms with Crippen molar-refractivity contribution < 1.29 is 28.7 Å². The van der Waals surface area contributed by atoms with Gasteiger partial charge in [0.15, 0.2) is 11.5 Å². The van der Waals surface area contributed by atoms with Gasteiger partial charge in [-0.2, -0.15) is 9.67 Å². The fraction of sp³-hybridized carbons (Fsp3) is 0.115. The zero-order chi connectivity index (χ0) is 26.2. The van der Waals surface area contributed by atoms with E-state index < -0.39 is 5.97 Å². The lowest BCUT2D eigenvalue weighted by atomic mass is 10.1. The number of carbonyl (C=O) groups is 2. The average Bonchev–Trinajstić information content (AvgIpc) is 3.36. The smallest absolute Gasteiger partial charge is 0.342 e. The molecule has 10 nitrogen and oxygen atoms in total. The number of rotatable bonds is 10. The van der Waals surface area contributed by atoms with Crippen molar-refractivity contribution in [1.29, 1.82) is 0 Å². The first-order valence-electron chi connectivity index (χ1n) is 11.1. The van der Waals surface area contributed by atoms with Crippen molar-refractivity contribution in [2.45, 2.75) is 5.16 Å². The number of hydrogen-bond donors (Lipinski definition) is 3. The second-order valence-electron chi connectivity index (χ2n) is 7.57. The molecule has 0 atom stereocenters. The molecule has 0 aliphatic heterocycles. The van der Waals surface area contributed by atoms with Crippen molar-refractivity contribution in [3.05, 3.63) is 83.9 Å². The van der Waals surface area contributed by atoms with Crippen molar-refractivity contribution in [3.63, 3.8) is 0 Å². The lowest BCUT2D eigenvalue weighted by Gasteiger charge is -2.09. The van der Waals surface area contributed by atoms with Crippen molar-refractivity contribution in [2.75, 3.05) is 20.0 Å². The Kier molecular flexibility index (Phi) is 8.16. The van der Waals surface area contributed by atoms with Crippen LogP contribution in [0.4, 0.5) is 0 Å². The van der Waals surface area contributed by atoms with E-state index in [2.05, 4.69) is 20.7 Å². The molecule has 1 heterocycles. The standard InChI is InChI=1S/C26H23N5O5S/c1-35-21-13-12-17(14-22(21)36-2)24-29-30-26(31(24)19-9-4-3-5-10-19)37-16-23(32)28-27-15-18-8-6-7-11-20(18)25(33)34/h3-15H,16H2,1-2H3,(H2,28,32,33,34)/p+1. The van der Waals surface area contributed by atoms with Gasteiger partial charge in [0, 0.05) is 5.56 Å². The number of methoxy groups -OCH3 is 2. The quantitative estimate of drug-likeness (QED) is 0.127. The Hall–Kier alpha value is -4.64. The Bertz CT molecular complexity index is 1440. The summed E-state index contributed by atoms with van der Waals surface area (Å²) in [4.78, 5) is 23.8. The van der Waals surface area contributed by atoms with E-state index in [-0.39, 0.29) is 17.2 Å². The number of para-hydroxylation sites is 1. The number of thioether (sulfide) groups is 1. The fourth-order valence-corrected chi connectivity index (χ4v) is 4.29. The largest absolute Gasteiger partial charge is 0.493 e. The number of benzene rings is 3. The van der Waals surface area contributed by atoms with Crippen molar-refractivity contribution in [2.24, 2.45) is 5.10 Å². The van der Waals surface area contributed by atoms with E-state index in [4.69, 9.17) is 9.47 Å². The Morgan fingerprint density at radius 3 is 2.51 bits per heavy atom. The molecule has 3 aromatic carbocycles. The van der Waals surface area contributed by atoms with E-state index in [1.165, 1.54) is 24.0 Å². The minimum absolute atomic E-state index is 0.0287. The third-order valence-electron chi connectivity index (χ3n) is 5.26. The van der Waals surface area contributed by atoms with Gasteiger partial charge in [0.2, 0.25) is 0 Å². The molecular formula is C26H24N5O5S+. The number of carboxylic acid groups (broad SMARTS) is 1. The van der Waals surface area contributed by atoms with E-state index in [0.717, 1.165) is 11.3 Å². The van der Waals surface area contributed by atoms with Crippen LogP contribution in [0.5, 0.6) is 11.5 Å². The summed E-state index contributed by atoms with van der Waals surface area (Å²) in [5.41, 5.74) is 4.58. The molecule has 37 heavy (non-hydrogen) atoms. The number of ether oxygens (including phenoxy) is 2. The van der Waals surface area contributed by atoms with E-state index in [9.17, 15) is 14.7 Å². The first kappa shape index (κ1) is 25.5. The highest BCUT2D eigenvalue weighted by atomic mass is 32.2. The van der Waals surface area contributed by atoms with Crippen LogP contribution in [0.2, 0.25) is 0 Å². The number of aromatic amines is 1. The molecule has 1 amide bonds. The fourth-order valence-electron chi connectivity index (χ4n) is 3.53. The van der Waals surface area contributed by atoms with Gasteiger partial charge in [-0.3, -0.25) is 4.79 Å². The number of aromatic nitrogens is 3. The van der Waals surface area contributed by atoms with Gasteiger partial charge in [0.05, 0.1) is 42.4 Å². The molecule has 0 saturated carbocycles. The lowest BCUT2D eigenvalue weighted by Crippen LogP contribution is -2.34. The highest BCUT2D eigenvalue weighted by Crippen LogP contribution is 2.31. The van der Waals surface area contributed by atoms with Gasteiger partial charge in [-0.15, -0.1) is 5.10 Å². The predicted molar refractivity (Wildman–Crippen MR) is 139 cm³/mol. The van der Waals surface area contributed by atoms with Crippen molar-refractivity contribution >= 4 is 29.9 Å². The van der Waals surface area contributed by atoms with Crippen molar-refractivity contribution in [3.8, 4) is 28.6 Å². The van der Waals surface area contributed by atoms with E-state index >= 15 is 0 Å². The van der Waals surface area contributed by atoms with Gasteiger partial charge < -0.3 is 14.6 Å². The van der Waals surface area contributed by atoms with Crippen molar-refractivity contribution in [1.82, 2.24) is 15.6 Å². The molecule has 3 N–H and O–H groups in total. The average molecular weight is 519 g/mol. The SMILES string of the molecule is COc1ccc(-c2[nH]nc(SCC(=O)NN=Cc3ccccc3C(=O)O)[n+]2-c2ccccc2)cc1OC. The molecule has 0 aliphatic rings. The second kappa shape index (κ2) is 11.9. The van der Waals surface area contributed by atoms with Gasteiger partial charge in [-0.1, -0.05) is 36.4 Å². The number of amides is 1. The Morgan fingerprint density at radius 1 is 1.05 bits per heavy atom. The third-order valence-corrected chi connectivity index (χ3v) is 6.20. The number of carboxylic acids is 1. The Labute approximate surface area is 217 Å². The van der Waals surface area contributed by atoms with Crippen LogP contribution in [0.15, 0.2) is 83.1 Å². The highest BCUT2D eigenvalue weighted by molar-refractivity contribution is 7.99. The Balaban J connectivity index is 1.54. The number of carbonyl (C=O) groups excluding carboxylic acids is 1. The molecule has 1 aromatic heterocycles. The highest BCUT2D eigenvalue weighted by Gasteiger charge is 2.25. The molecule has 0 radical (unpaired) electrons. The monoisotopic (exact) mass is 518 g/mol. The minimum Gasteiger partial charge on any atom is -0.493 e. The topological polar surface area (TPSA) is 130 Å². The molecule has 0 aliphatic carbocycles. The van der Waals surface area contributed by atoms with Gasteiger partial charge in [0.25, 0.3) is 11.7 Å². The van der Waals surface area contributed by atoms with Crippen LogP contribution in [0, 0.1) is 0 Å². The summed E-state index contributed by atoms with van der Waals surface area (Å²) in [6, 6.07) is 21.6. The summed E-state index contributed by atoms with van der Waals surface area (Å²) in [6.45, 7) is 0. The van der Waals surface area contributed by atoms with Crippen LogP contribution in [0.1, 0.15) is 15.9 Å². The number of nitrogens with one attached hydrogen (secondary N) is 2. The number of nitrogens with zero attached hydrogens (tertiary/aromatic N) is 3. The molecule has 11 heteroatoms. The van der Waals surface area contributed by atoms with Crippen LogP contribution in [0.3, 0.4) is 0 Å². The molecule has 0 unspecified atom stereocenters. The molecule has 4 aromatic rings. The van der Waals surface area contributed by atoms with Gasteiger partial charge in [0.1, 0.15) is 5.69 Å². The molecular weight excluding hydrogens is 494 g/mol. The van der Waals surface area contributed by atoms with Crippen LogP contribution >= 0.6 is 11.8 Å². The number of aromatic carboxylic acids is 1. The third kappa shape index (κ3) is 5.96. The Morgan fingerprint density at radius 2 is 1.78 bits per heavy atom. The first-order valence-corrected chi connectivity index (χ1v) is 12.1. The summed E-state index contributed by atoms with van der Waals surface area (Å²) < 4.78 is 12.7. The molecule has 0 saturated heterocycles. The van der Waals surface area contributed by atoms with Gasteiger partial charge in [-0.05, 0) is 48.2 Å². The maximum atomic E-state index is 12.5. The molecule has 0 bridgehead atoms. The summed E-state index contributed by atoms with van der Waals surface area (Å²) in [7, 11) is 3.15. The zero-order valence-corrected chi connectivity index (χ0v) is 20.9. The zero-order valence-electron chi connectivity index (χ0n) is 20.0. The number of H-pyrrole nitrogens is 1. The van der Waals surface area contributed by atoms with Crippen LogP contribution < -0.4 is 19.5 Å². The molecule has 188 valence electrons. The normalized spacial score (nSPS) is 10.9. The second-order valence-corrected chi connectivity index (χ2v) is 8.51. The summed E-state index contributed by atoms with van der Waals surface area (Å²) in [5.74, 6) is 0.460. The molecule has 0 fully saturated rings. The summed E-state index contributed by atoms with van der Waals surface area (Å²) in [5, 5.41) is 21.2. The first-order chi connectivity index (χ1) is 18.0. The van der Waals surface area contributed by atoms with Gasteiger partial charge >= 0.3 is 11.1 Å². The predicted octanol–water partition coefficient (Wildman–Crippen LogP) is 3.31. The van der Waals surface area contributed by atoms with Crippen LogP contribution in [0.25, 0.3) is 17.1 Å². The molecule has 4 rings (SSSR count). The van der Waals surface area contributed by atoms with E-state index in [1.54, 1.807) is 32.4 Å². The van der Waals surface area contributed by atoms with Crippen LogP contribution in [-0.2, 0) is 4.79 Å². The summed E-state index contributed by atoms with van der Waals surface area (Å²) in [6.07, 6.45) is 1.31. The number of hydrazone groups is 1. The van der Waals surface area contributed by atoms with E-state index in [0.29, 0.717) is 28.0 Å². The van der Waals surface area contributed by atoms with E-state index in [1.807, 2.05) is 53.1 Å². The maximum absolute atomic E-state index is 12.5. The number of hydrogen-bond acceptors (Lipinski definition) is 7.